The van der Waals surface area contributed by atoms with Crippen molar-refractivity contribution >= 4 is 22.6 Å². The fraction of sp³-hybridized carbons (Fsp3) is 0.346. The van der Waals surface area contributed by atoms with E-state index < -0.39 is 0 Å². The molecule has 0 radical (unpaired) electrons. The summed E-state index contributed by atoms with van der Waals surface area (Å²) >= 11 is 0. The fourth-order valence-corrected chi connectivity index (χ4v) is 4.35. The van der Waals surface area contributed by atoms with Crippen LogP contribution in [0.4, 0.5) is 0 Å². The molecule has 0 spiro atoms. The smallest absolute Gasteiger partial charge is 0.196 e. The number of hydrogen-bond acceptors (Lipinski definition) is 5. The van der Waals surface area contributed by atoms with Crippen LogP contribution in [0.25, 0.3) is 22.6 Å². The van der Waals surface area contributed by atoms with Crippen molar-refractivity contribution in [1.29, 1.82) is 0 Å². The van der Waals surface area contributed by atoms with Crippen molar-refractivity contribution in [2.24, 2.45) is 0 Å². The number of ether oxygens (including phenoxy) is 2. The van der Waals surface area contributed by atoms with E-state index in [9.17, 15) is 4.79 Å². The Balaban J connectivity index is 1.41. The van der Waals surface area contributed by atoms with Gasteiger partial charge in [0, 0.05) is 31.3 Å². The van der Waals surface area contributed by atoms with Crippen LogP contribution in [0.5, 0.6) is 5.75 Å². The minimum atomic E-state index is 0.0734. The lowest BCUT2D eigenvalue weighted by Crippen LogP contribution is -2.38. The number of aryl methyl sites for hydroxylation is 1. The maximum absolute atomic E-state index is 13.1. The molecule has 1 aliphatic heterocycles. The number of morpholine rings is 1. The maximum atomic E-state index is 13.1. The van der Waals surface area contributed by atoms with Crippen LogP contribution in [0.3, 0.4) is 0 Å². The Morgan fingerprint density at radius 2 is 1.94 bits per heavy atom. The van der Waals surface area contributed by atoms with Crippen molar-refractivity contribution < 1.29 is 13.9 Å². The van der Waals surface area contributed by atoms with Gasteiger partial charge in [-0.2, -0.15) is 0 Å². The summed E-state index contributed by atoms with van der Waals surface area (Å²) in [5, 5.41) is 0.622. The summed E-state index contributed by atoms with van der Waals surface area (Å²) in [7, 11) is 0. The predicted molar refractivity (Wildman–Crippen MR) is 123 cm³/mol. The Labute approximate surface area is 181 Å². The van der Waals surface area contributed by atoms with Crippen LogP contribution >= 0.6 is 0 Å². The first-order valence-electron chi connectivity index (χ1n) is 11.0. The molecule has 5 heteroatoms. The predicted octanol–water partition coefficient (Wildman–Crippen LogP) is 4.30. The van der Waals surface area contributed by atoms with E-state index in [-0.39, 0.29) is 5.43 Å². The second-order valence-corrected chi connectivity index (χ2v) is 8.23. The zero-order valence-electron chi connectivity index (χ0n) is 17.9. The zero-order valence-corrected chi connectivity index (χ0v) is 17.9. The summed E-state index contributed by atoms with van der Waals surface area (Å²) in [6, 6.07) is 13.8. The molecular formula is C26H27NO4. The molecular weight excluding hydrogens is 390 g/mol. The van der Waals surface area contributed by atoms with Gasteiger partial charge in [-0.25, -0.2) is 0 Å². The van der Waals surface area contributed by atoms with Gasteiger partial charge >= 0.3 is 0 Å². The van der Waals surface area contributed by atoms with Crippen LogP contribution in [0.2, 0.25) is 0 Å². The molecule has 0 unspecified atom stereocenters. The number of nitrogens with zero attached hydrogens (tertiary/aromatic N) is 1. The van der Waals surface area contributed by atoms with Crippen LogP contribution in [0, 0.1) is 6.92 Å². The highest BCUT2D eigenvalue weighted by Crippen LogP contribution is 2.35. The third-order valence-electron chi connectivity index (χ3n) is 6.19. The van der Waals surface area contributed by atoms with E-state index in [1.54, 1.807) is 0 Å². The summed E-state index contributed by atoms with van der Waals surface area (Å²) in [5.41, 5.74) is 4.90. The van der Waals surface area contributed by atoms with Gasteiger partial charge in [-0.3, -0.25) is 9.69 Å². The van der Waals surface area contributed by atoms with E-state index in [4.69, 9.17) is 13.9 Å². The first-order chi connectivity index (χ1) is 15.2. The van der Waals surface area contributed by atoms with Gasteiger partial charge in [-0.15, -0.1) is 0 Å². The molecule has 1 fully saturated rings. The lowest BCUT2D eigenvalue weighted by atomic mass is 10.0. The van der Waals surface area contributed by atoms with Gasteiger partial charge < -0.3 is 13.9 Å². The summed E-state index contributed by atoms with van der Waals surface area (Å²) in [6.07, 6.45) is 3.70. The third kappa shape index (κ3) is 4.16. The molecule has 0 bridgehead atoms. The molecule has 2 heterocycles. The molecule has 160 valence electrons. The van der Waals surface area contributed by atoms with Gasteiger partial charge in [0.1, 0.15) is 23.7 Å². The first kappa shape index (κ1) is 20.0. The molecule has 0 N–H and O–H groups in total. The Hall–Kier alpha value is -2.89. The van der Waals surface area contributed by atoms with Gasteiger partial charge in [0.05, 0.1) is 18.6 Å². The van der Waals surface area contributed by atoms with Crippen LogP contribution in [-0.2, 0) is 11.2 Å². The van der Waals surface area contributed by atoms with Crippen LogP contribution in [-0.4, -0.2) is 44.4 Å². The van der Waals surface area contributed by atoms with Gasteiger partial charge in [-0.1, -0.05) is 24.3 Å². The van der Waals surface area contributed by atoms with Gasteiger partial charge in [0.15, 0.2) is 5.43 Å². The Morgan fingerprint density at radius 3 is 2.77 bits per heavy atom. The Bertz CT molecular complexity index is 1190. The van der Waals surface area contributed by atoms with Crippen molar-refractivity contribution in [1.82, 2.24) is 4.90 Å². The van der Waals surface area contributed by atoms with Crippen molar-refractivity contribution in [2.75, 3.05) is 39.5 Å². The SMILES string of the molecule is Cc1ccccc1/C=C1\CCc2c1oc1cc(OCCN3CCOCC3)ccc1c2=O. The highest BCUT2D eigenvalue weighted by Gasteiger charge is 2.24. The number of hydrogen-bond donors (Lipinski definition) is 0. The Kier molecular flexibility index (Phi) is 5.62. The molecule has 0 amide bonds. The molecule has 1 aromatic heterocycles. The largest absolute Gasteiger partial charge is 0.492 e. The minimum Gasteiger partial charge on any atom is -0.492 e. The number of fused-ring (bicyclic) bond motifs is 2. The van der Waals surface area contributed by atoms with E-state index >= 15 is 0 Å². The average Bonchev–Trinajstić information content (AvgIpc) is 3.19. The van der Waals surface area contributed by atoms with E-state index in [0.29, 0.717) is 17.6 Å². The lowest BCUT2D eigenvalue weighted by Gasteiger charge is -2.26. The Morgan fingerprint density at radius 1 is 1.10 bits per heavy atom. The molecule has 1 saturated heterocycles. The van der Waals surface area contributed by atoms with Crippen molar-refractivity contribution in [3.8, 4) is 5.75 Å². The van der Waals surface area contributed by atoms with Crippen LogP contribution < -0.4 is 10.2 Å². The molecule has 3 aromatic rings. The second kappa shape index (κ2) is 8.69. The van der Waals surface area contributed by atoms with Gasteiger partial charge in [0.25, 0.3) is 0 Å². The number of benzene rings is 2. The van der Waals surface area contributed by atoms with E-state index in [2.05, 4.69) is 30.0 Å². The van der Waals surface area contributed by atoms with E-state index in [0.717, 1.165) is 73.9 Å². The van der Waals surface area contributed by atoms with Gasteiger partial charge in [0.2, 0.25) is 0 Å². The quantitative estimate of drug-likeness (QED) is 0.620. The van der Waals surface area contributed by atoms with Crippen molar-refractivity contribution in [2.45, 2.75) is 19.8 Å². The molecule has 0 atom stereocenters. The summed E-state index contributed by atoms with van der Waals surface area (Å²) in [5.74, 6) is 1.46. The third-order valence-corrected chi connectivity index (χ3v) is 6.19. The highest BCUT2D eigenvalue weighted by atomic mass is 16.5. The monoisotopic (exact) mass is 417 g/mol. The second-order valence-electron chi connectivity index (χ2n) is 8.23. The normalized spacial score (nSPS) is 17.9. The molecule has 2 aromatic carbocycles. The maximum Gasteiger partial charge on any atom is 0.196 e. The summed E-state index contributed by atoms with van der Waals surface area (Å²) < 4.78 is 17.6. The molecule has 5 rings (SSSR count). The fourth-order valence-electron chi connectivity index (χ4n) is 4.35. The minimum absolute atomic E-state index is 0.0734. The highest BCUT2D eigenvalue weighted by molar-refractivity contribution is 5.87. The summed E-state index contributed by atoms with van der Waals surface area (Å²) in [4.78, 5) is 15.4. The molecule has 2 aliphatic rings. The van der Waals surface area contributed by atoms with Crippen molar-refractivity contribution in [3.63, 3.8) is 0 Å². The van der Waals surface area contributed by atoms with E-state index in [1.807, 2.05) is 30.3 Å². The topological polar surface area (TPSA) is 51.9 Å². The molecule has 31 heavy (non-hydrogen) atoms. The zero-order chi connectivity index (χ0) is 21.2. The lowest BCUT2D eigenvalue weighted by molar-refractivity contribution is 0.0322. The average molecular weight is 418 g/mol. The number of rotatable bonds is 5. The molecule has 1 aliphatic carbocycles. The van der Waals surface area contributed by atoms with E-state index in [1.165, 1.54) is 5.56 Å². The molecule has 5 nitrogen and oxygen atoms in total. The van der Waals surface area contributed by atoms with Crippen LogP contribution in [0.1, 0.15) is 28.9 Å². The number of allylic oxidation sites excluding steroid dienone is 1. The standard InChI is InChI=1S/C26H27NO4/c1-18-4-2-3-5-19(18)16-20-6-8-23-25(28)22-9-7-21(17-24(22)31-26(20)23)30-15-12-27-10-13-29-14-11-27/h2-5,7,9,16-17H,6,8,10-15H2,1H3/b20-16+. The molecule has 0 saturated carbocycles. The summed E-state index contributed by atoms with van der Waals surface area (Å²) in [6.45, 7) is 7.00. The van der Waals surface area contributed by atoms with Crippen molar-refractivity contribution in [3.05, 3.63) is 75.1 Å². The first-order valence-corrected chi connectivity index (χ1v) is 11.0. The van der Waals surface area contributed by atoms with Gasteiger partial charge in [-0.05, 0) is 54.7 Å². The van der Waals surface area contributed by atoms with Crippen LogP contribution in [0.15, 0.2) is 51.7 Å².